The Bertz CT molecular complexity index is 1470. The molecule has 35 heavy (non-hydrogen) atoms. The fourth-order valence-corrected chi connectivity index (χ4v) is 4.20. The number of carbonyl (C=O) groups is 1. The van der Waals surface area contributed by atoms with Crippen LogP contribution in [0.2, 0.25) is 0 Å². The van der Waals surface area contributed by atoms with Crippen LogP contribution in [-0.4, -0.2) is 29.1 Å². The van der Waals surface area contributed by atoms with E-state index in [-0.39, 0.29) is 5.82 Å². The number of aldehydes is 1. The van der Waals surface area contributed by atoms with Crippen LogP contribution in [0.4, 0.5) is 16.0 Å². The van der Waals surface area contributed by atoms with Gasteiger partial charge in [-0.1, -0.05) is 31.2 Å². The third kappa shape index (κ3) is 4.28. The first kappa shape index (κ1) is 22.4. The van der Waals surface area contributed by atoms with Gasteiger partial charge in [0.2, 0.25) is 5.95 Å². The highest BCUT2D eigenvalue weighted by Gasteiger charge is 2.23. The molecule has 1 aromatic heterocycles. The van der Waals surface area contributed by atoms with Crippen molar-refractivity contribution in [2.75, 3.05) is 12.4 Å². The Morgan fingerprint density at radius 2 is 1.91 bits per heavy atom. The largest absolute Gasteiger partial charge is 0.496 e. The van der Waals surface area contributed by atoms with Crippen LogP contribution in [0.25, 0.3) is 11.3 Å². The molecule has 0 saturated heterocycles. The van der Waals surface area contributed by atoms with Crippen LogP contribution in [0.5, 0.6) is 5.75 Å². The standard InChI is InChI=1S/C28H23FN4O2/c1-3-17-8-10-21-23(12-17)26-19(14-30-27(21)22-6-4-5-7-24(22)29)15-31-28(33-26)32-20-9-11-25(35-2)18(13-20)16-34/h4-13,15-16H,3,14H2,1-2H3,(H,31,32,33). The summed E-state index contributed by atoms with van der Waals surface area (Å²) < 4.78 is 20.0. The van der Waals surface area contributed by atoms with E-state index in [1.165, 1.54) is 13.2 Å². The van der Waals surface area contributed by atoms with Gasteiger partial charge in [0, 0.05) is 34.1 Å². The van der Waals surface area contributed by atoms with E-state index in [9.17, 15) is 9.18 Å². The zero-order valence-electron chi connectivity index (χ0n) is 19.4. The topological polar surface area (TPSA) is 76.5 Å². The Morgan fingerprint density at radius 1 is 1.06 bits per heavy atom. The van der Waals surface area contributed by atoms with Gasteiger partial charge in [-0.05, 0) is 48.4 Å². The minimum Gasteiger partial charge on any atom is -0.496 e. The highest BCUT2D eigenvalue weighted by atomic mass is 19.1. The molecule has 0 spiro atoms. The molecule has 0 unspecified atom stereocenters. The van der Waals surface area contributed by atoms with Crippen LogP contribution in [-0.2, 0) is 13.0 Å². The number of methoxy groups -OCH3 is 1. The van der Waals surface area contributed by atoms with Gasteiger partial charge in [0.25, 0.3) is 0 Å². The summed E-state index contributed by atoms with van der Waals surface area (Å²) in [7, 11) is 1.52. The Balaban J connectivity index is 1.60. The summed E-state index contributed by atoms with van der Waals surface area (Å²) in [4.78, 5) is 25.5. The van der Waals surface area contributed by atoms with Gasteiger partial charge in [-0.15, -0.1) is 0 Å². The van der Waals surface area contributed by atoms with Crippen LogP contribution in [0.1, 0.15) is 39.5 Å². The highest BCUT2D eigenvalue weighted by Crippen LogP contribution is 2.34. The molecule has 3 aromatic carbocycles. The van der Waals surface area contributed by atoms with E-state index in [0.717, 1.165) is 40.7 Å². The number of rotatable bonds is 6. The van der Waals surface area contributed by atoms with Gasteiger partial charge in [0.15, 0.2) is 6.29 Å². The van der Waals surface area contributed by atoms with Crippen LogP contribution in [0.3, 0.4) is 0 Å². The van der Waals surface area contributed by atoms with E-state index < -0.39 is 0 Å². The van der Waals surface area contributed by atoms with E-state index in [4.69, 9.17) is 14.7 Å². The molecule has 4 aromatic rings. The minimum atomic E-state index is -0.318. The fourth-order valence-electron chi connectivity index (χ4n) is 4.20. The lowest BCUT2D eigenvalue weighted by molar-refractivity contribution is 0.112. The smallest absolute Gasteiger partial charge is 0.227 e. The summed E-state index contributed by atoms with van der Waals surface area (Å²) in [6, 6.07) is 18.0. The molecule has 0 radical (unpaired) electrons. The van der Waals surface area contributed by atoms with Crippen LogP contribution in [0, 0.1) is 5.82 Å². The van der Waals surface area contributed by atoms with Crippen molar-refractivity contribution in [1.29, 1.82) is 0 Å². The Labute approximate surface area is 202 Å². The predicted molar refractivity (Wildman–Crippen MR) is 134 cm³/mol. The quantitative estimate of drug-likeness (QED) is 0.366. The predicted octanol–water partition coefficient (Wildman–Crippen LogP) is 5.76. The number of aliphatic imine (C=N–C) groups is 1. The lowest BCUT2D eigenvalue weighted by Crippen LogP contribution is -2.08. The molecule has 7 heteroatoms. The summed E-state index contributed by atoms with van der Waals surface area (Å²) in [5, 5.41) is 3.18. The fraction of sp³-hybridized carbons (Fsp3) is 0.143. The number of hydrogen-bond donors (Lipinski definition) is 1. The van der Waals surface area contributed by atoms with E-state index in [2.05, 4.69) is 23.3 Å². The second-order valence-electron chi connectivity index (χ2n) is 8.15. The Morgan fingerprint density at radius 3 is 2.69 bits per heavy atom. The van der Waals surface area contributed by atoms with Crippen molar-refractivity contribution in [2.24, 2.45) is 4.99 Å². The summed E-state index contributed by atoms with van der Waals surface area (Å²) in [5.41, 5.74) is 6.57. The average molecular weight is 467 g/mol. The number of aromatic nitrogens is 2. The lowest BCUT2D eigenvalue weighted by Gasteiger charge is -2.14. The molecule has 0 aliphatic carbocycles. The zero-order chi connectivity index (χ0) is 24.4. The summed E-state index contributed by atoms with van der Waals surface area (Å²) in [6.45, 7) is 2.42. The SMILES string of the molecule is CCc1ccc2c(c1)-c1nc(Nc3ccc(OC)c(C=O)c3)ncc1CN=C2c1ccccc1F. The molecule has 0 amide bonds. The molecule has 2 heterocycles. The first-order valence-corrected chi connectivity index (χ1v) is 11.3. The van der Waals surface area contributed by atoms with Crippen molar-refractivity contribution < 1.29 is 13.9 Å². The van der Waals surface area contributed by atoms with E-state index >= 15 is 0 Å². The molecule has 6 nitrogen and oxygen atoms in total. The van der Waals surface area contributed by atoms with Crippen LogP contribution < -0.4 is 10.1 Å². The Hall–Kier alpha value is -4.39. The normalized spacial score (nSPS) is 12.1. The number of nitrogens with zero attached hydrogens (tertiary/aromatic N) is 3. The molecule has 1 aliphatic heterocycles. The van der Waals surface area contributed by atoms with Gasteiger partial charge in [-0.2, -0.15) is 0 Å². The molecule has 174 valence electrons. The summed E-state index contributed by atoms with van der Waals surface area (Å²) in [6.07, 6.45) is 3.34. The molecule has 0 bridgehead atoms. The minimum absolute atomic E-state index is 0.318. The first-order valence-electron chi connectivity index (χ1n) is 11.3. The number of hydrogen-bond acceptors (Lipinski definition) is 6. The molecule has 0 atom stereocenters. The number of fused-ring (bicyclic) bond motifs is 3. The zero-order valence-corrected chi connectivity index (χ0v) is 19.4. The summed E-state index contributed by atoms with van der Waals surface area (Å²) >= 11 is 0. The maximum Gasteiger partial charge on any atom is 0.227 e. The van der Waals surface area contributed by atoms with Gasteiger partial charge in [-0.3, -0.25) is 9.79 Å². The van der Waals surface area contributed by atoms with Gasteiger partial charge in [0.1, 0.15) is 11.6 Å². The van der Waals surface area contributed by atoms with Crippen molar-refractivity contribution in [3.8, 4) is 17.0 Å². The van der Waals surface area contributed by atoms with Crippen LogP contribution in [0.15, 0.2) is 71.9 Å². The molecule has 5 rings (SSSR count). The molecule has 0 saturated carbocycles. The molecule has 1 aliphatic rings. The number of nitrogens with one attached hydrogen (secondary N) is 1. The molecule has 1 N–H and O–H groups in total. The summed E-state index contributed by atoms with van der Waals surface area (Å²) in [5.74, 6) is 0.557. The molecule has 0 fully saturated rings. The van der Waals surface area contributed by atoms with Crippen molar-refractivity contribution in [3.63, 3.8) is 0 Å². The number of halogens is 1. The lowest BCUT2D eigenvalue weighted by atomic mass is 9.93. The monoisotopic (exact) mass is 466 g/mol. The maximum absolute atomic E-state index is 14.7. The van der Waals surface area contributed by atoms with E-state index in [1.807, 2.05) is 18.2 Å². The second kappa shape index (κ2) is 9.46. The van der Waals surface area contributed by atoms with Crippen molar-refractivity contribution in [1.82, 2.24) is 9.97 Å². The number of ether oxygens (including phenoxy) is 1. The number of carbonyl (C=O) groups excluding carboxylic acids is 1. The molecular formula is C28H23FN4O2. The second-order valence-corrected chi connectivity index (χ2v) is 8.15. The van der Waals surface area contributed by atoms with Gasteiger partial charge in [0.05, 0.1) is 30.6 Å². The maximum atomic E-state index is 14.7. The van der Waals surface area contributed by atoms with Crippen molar-refractivity contribution in [3.05, 3.63) is 100 Å². The highest BCUT2D eigenvalue weighted by molar-refractivity contribution is 6.17. The molecular weight excluding hydrogens is 443 g/mol. The Kier molecular flexibility index (Phi) is 6.06. The van der Waals surface area contributed by atoms with Crippen molar-refractivity contribution >= 4 is 23.6 Å². The number of anilines is 2. The van der Waals surface area contributed by atoms with Gasteiger partial charge in [-0.25, -0.2) is 14.4 Å². The first-order chi connectivity index (χ1) is 17.1. The third-order valence-electron chi connectivity index (χ3n) is 6.02. The third-order valence-corrected chi connectivity index (χ3v) is 6.02. The average Bonchev–Trinajstić information content (AvgIpc) is 3.05. The van der Waals surface area contributed by atoms with Gasteiger partial charge >= 0.3 is 0 Å². The van der Waals surface area contributed by atoms with E-state index in [1.54, 1.807) is 36.5 Å². The number of aryl methyl sites for hydroxylation is 1. The van der Waals surface area contributed by atoms with E-state index in [0.29, 0.717) is 40.8 Å². The van der Waals surface area contributed by atoms with Crippen LogP contribution >= 0.6 is 0 Å². The van der Waals surface area contributed by atoms with Gasteiger partial charge < -0.3 is 10.1 Å². The van der Waals surface area contributed by atoms with Crippen molar-refractivity contribution in [2.45, 2.75) is 19.9 Å². The number of benzene rings is 3.